The van der Waals surface area contributed by atoms with Crippen LogP contribution in [0.2, 0.25) is 0 Å². The number of aromatic nitrogens is 3. The minimum atomic E-state index is 0.145. The van der Waals surface area contributed by atoms with Crippen LogP contribution in [0.25, 0.3) is 0 Å². The summed E-state index contributed by atoms with van der Waals surface area (Å²) in [4.78, 5) is 0. The Kier molecular flexibility index (Phi) is 3.73. The van der Waals surface area contributed by atoms with Crippen molar-refractivity contribution in [3.8, 4) is 0 Å². The highest BCUT2D eigenvalue weighted by Gasteiger charge is 1.98. The molecule has 0 aromatic carbocycles. The molecule has 1 aromatic rings. The maximum absolute atomic E-state index is 8.63. The van der Waals surface area contributed by atoms with Gasteiger partial charge in [0.15, 0.2) is 0 Å². The molecule has 0 aliphatic heterocycles. The zero-order valence-electron chi connectivity index (χ0n) is 7.40. The summed E-state index contributed by atoms with van der Waals surface area (Å²) in [6.07, 6.45) is 4.79. The van der Waals surface area contributed by atoms with E-state index in [4.69, 9.17) is 5.11 Å². The van der Waals surface area contributed by atoms with Gasteiger partial charge in [0.25, 0.3) is 0 Å². The standard InChI is InChI=1S/C8H15N3O/c1-2-3-5-11-7-8(4-6-12)9-10-11/h7,12H,2-6H2,1H3. The lowest BCUT2D eigenvalue weighted by Gasteiger charge is -1.95. The second-order valence-corrected chi connectivity index (χ2v) is 2.80. The fraction of sp³-hybridized carbons (Fsp3) is 0.750. The van der Waals surface area contributed by atoms with Gasteiger partial charge in [-0.25, -0.2) is 0 Å². The van der Waals surface area contributed by atoms with Crippen molar-refractivity contribution in [2.24, 2.45) is 0 Å². The molecule has 1 N–H and O–H groups in total. The summed E-state index contributed by atoms with van der Waals surface area (Å²) in [7, 11) is 0. The van der Waals surface area contributed by atoms with E-state index in [0.717, 1.165) is 25.1 Å². The fourth-order valence-electron chi connectivity index (χ4n) is 0.997. The van der Waals surface area contributed by atoms with Crippen molar-refractivity contribution in [3.63, 3.8) is 0 Å². The molecule has 0 fully saturated rings. The van der Waals surface area contributed by atoms with Gasteiger partial charge in [0.1, 0.15) is 0 Å². The lowest BCUT2D eigenvalue weighted by atomic mass is 10.3. The predicted octanol–water partition coefficient (Wildman–Crippen LogP) is 0.613. The smallest absolute Gasteiger partial charge is 0.0849 e. The summed E-state index contributed by atoms with van der Waals surface area (Å²) in [5.74, 6) is 0. The number of aliphatic hydroxyl groups excluding tert-OH is 1. The molecule has 1 rings (SSSR count). The van der Waals surface area contributed by atoms with Crippen molar-refractivity contribution in [3.05, 3.63) is 11.9 Å². The van der Waals surface area contributed by atoms with Crippen LogP contribution in [0.3, 0.4) is 0 Å². The molecule has 0 atom stereocenters. The van der Waals surface area contributed by atoms with Crippen LogP contribution in [-0.2, 0) is 13.0 Å². The number of aryl methyl sites for hydroxylation is 1. The zero-order chi connectivity index (χ0) is 8.81. The Bertz CT molecular complexity index is 222. The first-order valence-electron chi connectivity index (χ1n) is 4.36. The molecule has 0 unspecified atom stereocenters. The van der Waals surface area contributed by atoms with E-state index in [2.05, 4.69) is 17.2 Å². The largest absolute Gasteiger partial charge is 0.396 e. The van der Waals surface area contributed by atoms with Gasteiger partial charge in [-0.1, -0.05) is 18.6 Å². The van der Waals surface area contributed by atoms with Crippen molar-refractivity contribution in [2.75, 3.05) is 6.61 Å². The lowest BCUT2D eigenvalue weighted by molar-refractivity contribution is 0.298. The molecule has 0 aliphatic rings. The Morgan fingerprint density at radius 2 is 2.42 bits per heavy atom. The van der Waals surface area contributed by atoms with E-state index in [1.54, 1.807) is 0 Å². The van der Waals surface area contributed by atoms with Crippen molar-refractivity contribution >= 4 is 0 Å². The van der Waals surface area contributed by atoms with Gasteiger partial charge in [-0.05, 0) is 6.42 Å². The highest BCUT2D eigenvalue weighted by atomic mass is 16.3. The summed E-state index contributed by atoms with van der Waals surface area (Å²) in [6, 6.07) is 0. The summed E-state index contributed by atoms with van der Waals surface area (Å²) in [5, 5.41) is 16.5. The average Bonchev–Trinajstić information content (AvgIpc) is 2.50. The monoisotopic (exact) mass is 169 g/mol. The van der Waals surface area contributed by atoms with Gasteiger partial charge < -0.3 is 5.11 Å². The Morgan fingerprint density at radius 1 is 1.58 bits per heavy atom. The molecule has 0 amide bonds. The van der Waals surface area contributed by atoms with Crippen molar-refractivity contribution < 1.29 is 5.11 Å². The molecule has 1 aromatic heterocycles. The van der Waals surface area contributed by atoms with Crippen LogP contribution in [0.1, 0.15) is 25.5 Å². The molecular formula is C8H15N3O. The van der Waals surface area contributed by atoms with E-state index < -0.39 is 0 Å². The molecular weight excluding hydrogens is 154 g/mol. The van der Waals surface area contributed by atoms with Gasteiger partial charge in [0.05, 0.1) is 5.69 Å². The first-order chi connectivity index (χ1) is 5.86. The minimum Gasteiger partial charge on any atom is -0.396 e. The van der Waals surface area contributed by atoms with E-state index in [9.17, 15) is 0 Å². The average molecular weight is 169 g/mol. The molecule has 0 spiro atoms. The van der Waals surface area contributed by atoms with E-state index in [1.165, 1.54) is 0 Å². The van der Waals surface area contributed by atoms with Crippen molar-refractivity contribution in [2.45, 2.75) is 32.7 Å². The third-order valence-electron chi connectivity index (χ3n) is 1.69. The molecule has 4 nitrogen and oxygen atoms in total. The predicted molar refractivity (Wildman–Crippen MR) is 45.7 cm³/mol. The third-order valence-corrected chi connectivity index (χ3v) is 1.69. The normalized spacial score (nSPS) is 10.5. The second-order valence-electron chi connectivity index (χ2n) is 2.80. The first kappa shape index (κ1) is 9.19. The quantitative estimate of drug-likeness (QED) is 0.702. The summed E-state index contributed by atoms with van der Waals surface area (Å²) in [6.45, 7) is 3.22. The van der Waals surface area contributed by atoms with E-state index in [-0.39, 0.29) is 6.61 Å². The van der Waals surface area contributed by atoms with Crippen LogP contribution in [0.5, 0.6) is 0 Å². The van der Waals surface area contributed by atoms with Crippen LogP contribution in [0.15, 0.2) is 6.20 Å². The summed E-state index contributed by atoms with van der Waals surface area (Å²) in [5.41, 5.74) is 0.869. The minimum absolute atomic E-state index is 0.145. The van der Waals surface area contributed by atoms with Crippen LogP contribution in [-0.4, -0.2) is 26.7 Å². The van der Waals surface area contributed by atoms with Gasteiger partial charge in [0, 0.05) is 25.8 Å². The Morgan fingerprint density at radius 3 is 3.08 bits per heavy atom. The highest BCUT2D eigenvalue weighted by Crippen LogP contribution is 1.96. The second kappa shape index (κ2) is 4.87. The van der Waals surface area contributed by atoms with Crippen LogP contribution < -0.4 is 0 Å². The number of unbranched alkanes of at least 4 members (excludes halogenated alkanes) is 1. The Hall–Kier alpha value is -0.900. The number of nitrogens with zero attached hydrogens (tertiary/aromatic N) is 3. The molecule has 0 aliphatic carbocycles. The maximum Gasteiger partial charge on any atom is 0.0849 e. The molecule has 0 radical (unpaired) electrons. The van der Waals surface area contributed by atoms with Crippen molar-refractivity contribution in [1.82, 2.24) is 15.0 Å². The molecule has 0 saturated heterocycles. The van der Waals surface area contributed by atoms with Gasteiger partial charge in [-0.2, -0.15) is 0 Å². The zero-order valence-corrected chi connectivity index (χ0v) is 7.40. The van der Waals surface area contributed by atoms with Crippen LogP contribution in [0, 0.1) is 0 Å². The molecule has 12 heavy (non-hydrogen) atoms. The number of aliphatic hydroxyl groups is 1. The van der Waals surface area contributed by atoms with E-state index >= 15 is 0 Å². The number of hydrogen-bond donors (Lipinski definition) is 1. The highest BCUT2D eigenvalue weighted by molar-refractivity contribution is 4.91. The molecule has 0 saturated carbocycles. The van der Waals surface area contributed by atoms with Gasteiger partial charge in [-0.15, -0.1) is 5.10 Å². The molecule has 1 heterocycles. The third kappa shape index (κ3) is 2.62. The number of rotatable bonds is 5. The van der Waals surface area contributed by atoms with Gasteiger partial charge in [-0.3, -0.25) is 4.68 Å². The van der Waals surface area contributed by atoms with Gasteiger partial charge >= 0.3 is 0 Å². The Labute approximate surface area is 72.2 Å². The van der Waals surface area contributed by atoms with E-state index in [1.807, 2.05) is 10.9 Å². The molecule has 68 valence electrons. The molecule has 0 bridgehead atoms. The van der Waals surface area contributed by atoms with Crippen LogP contribution in [0.4, 0.5) is 0 Å². The van der Waals surface area contributed by atoms with Crippen molar-refractivity contribution in [1.29, 1.82) is 0 Å². The lowest BCUT2D eigenvalue weighted by Crippen LogP contribution is -1.97. The first-order valence-corrected chi connectivity index (χ1v) is 4.36. The maximum atomic E-state index is 8.63. The topological polar surface area (TPSA) is 50.9 Å². The Balaban J connectivity index is 2.41. The van der Waals surface area contributed by atoms with Gasteiger partial charge in [0.2, 0.25) is 0 Å². The fourth-order valence-corrected chi connectivity index (χ4v) is 0.997. The molecule has 4 heteroatoms. The SMILES string of the molecule is CCCCn1cc(CCO)nn1. The number of hydrogen-bond acceptors (Lipinski definition) is 3. The van der Waals surface area contributed by atoms with E-state index in [0.29, 0.717) is 6.42 Å². The summed E-state index contributed by atoms with van der Waals surface area (Å²) >= 11 is 0. The summed E-state index contributed by atoms with van der Waals surface area (Å²) < 4.78 is 1.83. The van der Waals surface area contributed by atoms with Crippen LogP contribution >= 0.6 is 0 Å².